The number of hydrogen-bond donors (Lipinski definition) is 1. The van der Waals surface area contributed by atoms with Crippen molar-refractivity contribution in [2.24, 2.45) is 11.3 Å². The van der Waals surface area contributed by atoms with Crippen molar-refractivity contribution in [3.8, 4) is 0 Å². The number of carbonyl (C=O) groups is 3. The second kappa shape index (κ2) is 4.35. The summed E-state index contributed by atoms with van der Waals surface area (Å²) in [4.78, 5) is 37.1. The summed E-state index contributed by atoms with van der Waals surface area (Å²) in [6.07, 6.45) is 1.05. The largest absolute Gasteiger partial charge is 0.383 e. The second-order valence-electron chi connectivity index (χ2n) is 5.28. The molecule has 2 aliphatic rings. The molecule has 0 aromatic carbocycles. The number of urea groups is 1. The molecule has 0 bridgehead atoms. The fraction of sp³-hybridized carbons (Fsp3) is 0.750. The van der Waals surface area contributed by atoms with Gasteiger partial charge in [0.2, 0.25) is 11.8 Å². The van der Waals surface area contributed by atoms with Crippen LogP contribution in [0.3, 0.4) is 0 Å². The molecule has 0 aromatic heterocycles. The summed E-state index contributed by atoms with van der Waals surface area (Å²) in [5, 5.41) is 2.28. The summed E-state index contributed by atoms with van der Waals surface area (Å²) in [5.74, 6) is -0.746. The van der Waals surface area contributed by atoms with Gasteiger partial charge in [-0.15, -0.1) is 0 Å². The molecule has 1 N–H and O–H groups in total. The van der Waals surface area contributed by atoms with Gasteiger partial charge in [0.1, 0.15) is 5.41 Å². The monoisotopic (exact) mass is 254 g/mol. The topological polar surface area (TPSA) is 75.7 Å². The number of amides is 4. The summed E-state index contributed by atoms with van der Waals surface area (Å²) < 4.78 is 5.07. The molecule has 2 fully saturated rings. The molecule has 1 saturated carbocycles. The minimum absolute atomic E-state index is 0.0728. The van der Waals surface area contributed by atoms with Gasteiger partial charge < -0.3 is 4.74 Å². The fourth-order valence-corrected chi connectivity index (χ4v) is 2.30. The quantitative estimate of drug-likeness (QED) is 0.742. The Labute approximate surface area is 106 Å². The van der Waals surface area contributed by atoms with E-state index in [0.717, 1.165) is 0 Å². The second-order valence-corrected chi connectivity index (χ2v) is 5.28. The van der Waals surface area contributed by atoms with Gasteiger partial charge in [-0.3, -0.25) is 19.8 Å². The molecule has 100 valence electrons. The Hall–Kier alpha value is -1.43. The van der Waals surface area contributed by atoms with Gasteiger partial charge in [-0.2, -0.15) is 0 Å². The van der Waals surface area contributed by atoms with Crippen LogP contribution < -0.4 is 5.32 Å². The molecule has 6 heteroatoms. The minimum atomic E-state index is -0.977. The Balaban J connectivity index is 2.27. The van der Waals surface area contributed by atoms with Crippen LogP contribution in [0.25, 0.3) is 0 Å². The number of nitrogens with one attached hydrogen (secondary N) is 1. The normalized spacial score (nSPS) is 23.6. The van der Waals surface area contributed by atoms with Gasteiger partial charge >= 0.3 is 6.03 Å². The van der Waals surface area contributed by atoms with Crippen molar-refractivity contribution in [2.45, 2.75) is 32.7 Å². The summed E-state index contributed by atoms with van der Waals surface area (Å²) in [5.41, 5.74) is -0.977. The van der Waals surface area contributed by atoms with Gasteiger partial charge in [0.05, 0.1) is 12.6 Å². The van der Waals surface area contributed by atoms with Crippen LogP contribution in [0.1, 0.15) is 26.7 Å². The third-order valence-corrected chi connectivity index (χ3v) is 3.69. The molecule has 18 heavy (non-hydrogen) atoms. The highest BCUT2D eigenvalue weighted by Crippen LogP contribution is 2.49. The molecule has 1 atom stereocenters. The smallest absolute Gasteiger partial charge is 0.331 e. The first-order valence-electron chi connectivity index (χ1n) is 6.12. The lowest BCUT2D eigenvalue weighted by molar-refractivity contribution is -0.147. The zero-order chi connectivity index (χ0) is 13.5. The highest BCUT2D eigenvalue weighted by molar-refractivity contribution is 6.21. The van der Waals surface area contributed by atoms with Crippen LogP contribution in [0.5, 0.6) is 0 Å². The highest BCUT2D eigenvalue weighted by atomic mass is 16.5. The predicted molar refractivity (Wildman–Crippen MR) is 62.6 cm³/mol. The van der Waals surface area contributed by atoms with E-state index >= 15 is 0 Å². The number of imide groups is 2. The lowest BCUT2D eigenvalue weighted by atomic mass is 9.96. The standard InChI is InChI=1S/C12H18N2O4/c1-7(2)8(6-18-3)14-10(16)12(4-5-12)9(15)13-11(14)17/h7-8H,4-6H2,1-3H3,(H,13,15,17). The van der Waals surface area contributed by atoms with Crippen LogP contribution in [0, 0.1) is 11.3 Å². The predicted octanol–water partition coefficient (Wildman–Crippen LogP) is 0.516. The molecular weight excluding hydrogens is 236 g/mol. The molecule has 1 spiro atoms. The average Bonchev–Trinajstić information content (AvgIpc) is 3.07. The zero-order valence-electron chi connectivity index (χ0n) is 10.9. The summed E-state index contributed by atoms with van der Waals surface area (Å²) in [6.45, 7) is 4.11. The third kappa shape index (κ3) is 1.80. The average molecular weight is 254 g/mol. The van der Waals surface area contributed by atoms with Crippen LogP contribution in [0.15, 0.2) is 0 Å². The molecule has 6 nitrogen and oxygen atoms in total. The Morgan fingerprint density at radius 3 is 2.39 bits per heavy atom. The van der Waals surface area contributed by atoms with Crippen molar-refractivity contribution < 1.29 is 19.1 Å². The molecule has 1 aliphatic heterocycles. The number of rotatable bonds is 4. The number of methoxy groups -OCH3 is 1. The summed E-state index contributed by atoms with van der Waals surface area (Å²) in [7, 11) is 1.53. The lowest BCUT2D eigenvalue weighted by Gasteiger charge is -2.37. The van der Waals surface area contributed by atoms with Gasteiger partial charge in [-0.05, 0) is 18.8 Å². The van der Waals surface area contributed by atoms with Crippen molar-refractivity contribution >= 4 is 17.8 Å². The Morgan fingerprint density at radius 1 is 1.33 bits per heavy atom. The van der Waals surface area contributed by atoms with Crippen molar-refractivity contribution in [3.05, 3.63) is 0 Å². The first-order valence-corrected chi connectivity index (χ1v) is 6.12. The minimum Gasteiger partial charge on any atom is -0.383 e. The van der Waals surface area contributed by atoms with Gasteiger partial charge in [0.15, 0.2) is 0 Å². The molecule has 1 unspecified atom stereocenters. The maximum Gasteiger partial charge on any atom is 0.331 e. The Morgan fingerprint density at radius 2 is 1.94 bits per heavy atom. The number of carbonyl (C=O) groups excluding carboxylic acids is 3. The van der Waals surface area contributed by atoms with Crippen LogP contribution in [0.4, 0.5) is 4.79 Å². The first kappa shape index (κ1) is 13.0. The van der Waals surface area contributed by atoms with Crippen LogP contribution >= 0.6 is 0 Å². The van der Waals surface area contributed by atoms with Crippen molar-refractivity contribution in [1.82, 2.24) is 10.2 Å². The molecular formula is C12H18N2O4. The number of barbiturate groups is 1. The maximum atomic E-state index is 12.3. The summed E-state index contributed by atoms with van der Waals surface area (Å²) >= 11 is 0. The third-order valence-electron chi connectivity index (χ3n) is 3.69. The van der Waals surface area contributed by atoms with Crippen LogP contribution in [-0.2, 0) is 14.3 Å². The Bertz CT molecular complexity index is 401. The van der Waals surface area contributed by atoms with Gasteiger partial charge in [0, 0.05) is 7.11 Å². The fourth-order valence-electron chi connectivity index (χ4n) is 2.30. The maximum absolute atomic E-state index is 12.3. The Kier molecular flexibility index (Phi) is 3.14. The molecule has 1 saturated heterocycles. The van der Waals surface area contributed by atoms with E-state index in [1.165, 1.54) is 12.0 Å². The molecule has 1 heterocycles. The van der Waals surface area contributed by atoms with E-state index in [-0.39, 0.29) is 24.5 Å². The van der Waals surface area contributed by atoms with E-state index in [2.05, 4.69) is 5.32 Å². The lowest BCUT2D eigenvalue weighted by Crippen LogP contribution is -2.63. The molecule has 2 rings (SSSR count). The number of ether oxygens (including phenoxy) is 1. The highest BCUT2D eigenvalue weighted by Gasteiger charge is 2.63. The number of hydrogen-bond acceptors (Lipinski definition) is 4. The summed E-state index contributed by atoms with van der Waals surface area (Å²) in [6, 6.07) is -0.966. The molecule has 0 radical (unpaired) electrons. The first-order chi connectivity index (χ1) is 8.44. The van der Waals surface area contributed by atoms with E-state index in [1.54, 1.807) is 0 Å². The van der Waals surface area contributed by atoms with Crippen LogP contribution in [0.2, 0.25) is 0 Å². The number of nitrogens with zero attached hydrogens (tertiary/aromatic N) is 1. The van der Waals surface area contributed by atoms with Crippen LogP contribution in [-0.4, -0.2) is 42.5 Å². The van der Waals surface area contributed by atoms with E-state index < -0.39 is 17.4 Å². The van der Waals surface area contributed by atoms with E-state index in [9.17, 15) is 14.4 Å². The van der Waals surface area contributed by atoms with Gasteiger partial charge in [0.25, 0.3) is 0 Å². The van der Waals surface area contributed by atoms with Gasteiger partial charge in [-0.1, -0.05) is 13.8 Å². The van der Waals surface area contributed by atoms with Crippen molar-refractivity contribution in [3.63, 3.8) is 0 Å². The van der Waals surface area contributed by atoms with E-state index in [4.69, 9.17) is 4.74 Å². The van der Waals surface area contributed by atoms with E-state index in [1.807, 2.05) is 13.8 Å². The van der Waals surface area contributed by atoms with Crippen molar-refractivity contribution in [2.75, 3.05) is 13.7 Å². The molecule has 0 aromatic rings. The SMILES string of the molecule is COCC(C(C)C)N1C(=O)NC(=O)C2(CC2)C1=O. The molecule has 4 amide bonds. The van der Waals surface area contributed by atoms with E-state index in [0.29, 0.717) is 12.8 Å². The van der Waals surface area contributed by atoms with Crippen molar-refractivity contribution in [1.29, 1.82) is 0 Å². The van der Waals surface area contributed by atoms with Gasteiger partial charge in [-0.25, -0.2) is 4.79 Å². The molecule has 1 aliphatic carbocycles. The zero-order valence-corrected chi connectivity index (χ0v) is 10.9.